The van der Waals surface area contributed by atoms with E-state index >= 15 is 0 Å². The second kappa shape index (κ2) is 6.53. The van der Waals surface area contributed by atoms with Gasteiger partial charge in [-0.3, -0.25) is 15.1 Å². The van der Waals surface area contributed by atoms with Crippen LogP contribution in [0.25, 0.3) is 0 Å². The number of hydrogen-bond donors (Lipinski definition) is 3. The van der Waals surface area contributed by atoms with Crippen molar-refractivity contribution >= 4 is 22.4 Å². The van der Waals surface area contributed by atoms with Crippen LogP contribution in [0.5, 0.6) is 0 Å². The Morgan fingerprint density at radius 3 is 2.88 bits per heavy atom. The molecule has 0 unspecified atom stereocenters. The number of carbonyl (C=O) groups is 1. The van der Waals surface area contributed by atoms with E-state index in [-0.39, 0.29) is 11.9 Å². The molecule has 96 valence electrons. The standard InChI is InChI=1S/C10H19N5OS/c1-7(2)13-9(16)6-15(3)5-8-4-12-10(14-11)17-8/h4,7H,5-6,11H2,1-3H3,(H,12,14)(H,13,16). The highest BCUT2D eigenvalue weighted by molar-refractivity contribution is 7.15. The summed E-state index contributed by atoms with van der Waals surface area (Å²) in [5.41, 5.74) is 2.50. The Morgan fingerprint density at radius 2 is 2.35 bits per heavy atom. The van der Waals surface area contributed by atoms with Crippen LogP contribution in [0, 0.1) is 0 Å². The minimum Gasteiger partial charge on any atom is -0.353 e. The van der Waals surface area contributed by atoms with E-state index in [9.17, 15) is 4.79 Å². The molecule has 17 heavy (non-hydrogen) atoms. The number of amides is 1. The zero-order valence-electron chi connectivity index (χ0n) is 10.4. The van der Waals surface area contributed by atoms with Gasteiger partial charge in [0, 0.05) is 23.7 Å². The molecule has 0 aliphatic rings. The van der Waals surface area contributed by atoms with E-state index in [0.717, 1.165) is 4.88 Å². The molecule has 1 aromatic heterocycles. The highest BCUT2D eigenvalue weighted by Gasteiger charge is 2.09. The Bertz CT molecular complexity index is 365. The lowest BCUT2D eigenvalue weighted by atomic mass is 10.3. The highest BCUT2D eigenvalue weighted by atomic mass is 32.1. The Morgan fingerprint density at radius 1 is 1.65 bits per heavy atom. The zero-order valence-corrected chi connectivity index (χ0v) is 11.2. The second-order valence-corrected chi connectivity index (χ2v) is 5.29. The van der Waals surface area contributed by atoms with Crippen LogP contribution < -0.4 is 16.6 Å². The lowest BCUT2D eigenvalue weighted by Crippen LogP contribution is -2.38. The number of nitrogen functional groups attached to an aromatic ring is 1. The lowest BCUT2D eigenvalue weighted by Gasteiger charge is -2.16. The molecule has 0 aliphatic carbocycles. The van der Waals surface area contributed by atoms with Gasteiger partial charge in [0.1, 0.15) is 0 Å². The largest absolute Gasteiger partial charge is 0.353 e. The van der Waals surface area contributed by atoms with E-state index in [1.54, 1.807) is 6.20 Å². The zero-order chi connectivity index (χ0) is 12.8. The van der Waals surface area contributed by atoms with Crippen molar-refractivity contribution in [2.45, 2.75) is 26.4 Å². The van der Waals surface area contributed by atoms with Crippen molar-refractivity contribution in [3.05, 3.63) is 11.1 Å². The molecule has 1 aromatic rings. The van der Waals surface area contributed by atoms with Gasteiger partial charge in [0.05, 0.1) is 6.54 Å². The van der Waals surface area contributed by atoms with Crippen LogP contribution in [-0.2, 0) is 11.3 Å². The SMILES string of the molecule is CC(C)NC(=O)CN(C)Cc1cnc(NN)s1. The molecule has 1 rings (SSSR count). The molecule has 0 aliphatic heterocycles. The second-order valence-electron chi connectivity index (χ2n) is 4.17. The number of likely N-dealkylation sites (N-methyl/N-ethyl adjacent to an activating group) is 1. The van der Waals surface area contributed by atoms with E-state index in [1.807, 2.05) is 25.8 Å². The van der Waals surface area contributed by atoms with Crippen molar-refractivity contribution in [1.82, 2.24) is 15.2 Å². The number of anilines is 1. The molecule has 0 saturated carbocycles. The average Bonchev–Trinajstić information content (AvgIpc) is 2.63. The molecule has 0 radical (unpaired) electrons. The first-order valence-electron chi connectivity index (χ1n) is 5.40. The van der Waals surface area contributed by atoms with E-state index in [0.29, 0.717) is 18.2 Å². The third-order valence-electron chi connectivity index (χ3n) is 1.97. The number of hydrogen-bond acceptors (Lipinski definition) is 6. The number of thiazole rings is 1. The van der Waals surface area contributed by atoms with Crippen molar-refractivity contribution in [2.75, 3.05) is 19.0 Å². The molecule has 0 saturated heterocycles. The van der Waals surface area contributed by atoms with Gasteiger partial charge in [0.15, 0.2) is 5.13 Å². The first kappa shape index (κ1) is 13.9. The highest BCUT2D eigenvalue weighted by Crippen LogP contribution is 2.17. The lowest BCUT2D eigenvalue weighted by molar-refractivity contribution is -0.122. The van der Waals surface area contributed by atoms with E-state index < -0.39 is 0 Å². The van der Waals surface area contributed by atoms with Gasteiger partial charge in [0.25, 0.3) is 0 Å². The number of hydrazine groups is 1. The number of nitrogens with two attached hydrogens (primary N) is 1. The van der Waals surface area contributed by atoms with E-state index in [4.69, 9.17) is 5.84 Å². The minimum absolute atomic E-state index is 0.0317. The average molecular weight is 257 g/mol. The fourth-order valence-electron chi connectivity index (χ4n) is 1.38. The topological polar surface area (TPSA) is 83.3 Å². The number of carbonyl (C=O) groups excluding carboxylic acids is 1. The predicted molar refractivity (Wildman–Crippen MR) is 69.5 cm³/mol. The Balaban J connectivity index is 2.38. The number of nitrogens with one attached hydrogen (secondary N) is 2. The summed E-state index contributed by atoms with van der Waals surface area (Å²) in [6.45, 7) is 4.95. The summed E-state index contributed by atoms with van der Waals surface area (Å²) in [7, 11) is 1.90. The summed E-state index contributed by atoms with van der Waals surface area (Å²) in [4.78, 5) is 18.6. The number of nitrogens with zero attached hydrogens (tertiary/aromatic N) is 2. The van der Waals surface area contributed by atoms with E-state index in [1.165, 1.54) is 11.3 Å². The van der Waals surface area contributed by atoms with Gasteiger partial charge in [-0.2, -0.15) is 0 Å². The van der Waals surface area contributed by atoms with Crippen LogP contribution in [0.2, 0.25) is 0 Å². The fourth-order valence-corrected chi connectivity index (χ4v) is 2.19. The van der Waals surface area contributed by atoms with Crippen molar-refractivity contribution < 1.29 is 4.79 Å². The molecule has 6 nitrogen and oxygen atoms in total. The van der Waals surface area contributed by atoms with Crippen LogP contribution in [0.1, 0.15) is 18.7 Å². The third kappa shape index (κ3) is 5.12. The van der Waals surface area contributed by atoms with Crippen LogP contribution in [0.15, 0.2) is 6.20 Å². The summed E-state index contributed by atoms with van der Waals surface area (Å²) >= 11 is 1.48. The van der Waals surface area contributed by atoms with Crippen LogP contribution in [0.3, 0.4) is 0 Å². The molecule has 4 N–H and O–H groups in total. The van der Waals surface area contributed by atoms with Crippen molar-refractivity contribution in [1.29, 1.82) is 0 Å². The van der Waals surface area contributed by atoms with Gasteiger partial charge in [-0.15, -0.1) is 0 Å². The minimum atomic E-state index is 0.0317. The number of aromatic nitrogens is 1. The molecular formula is C10H19N5OS. The van der Waals surface area contributed by atoms with Crippen molar-refractivity contribution in [3.8, 4) is 0 Å². The van der Waals surface area contributed by atoms with Crippen LogP contribution >= 0.6 is 11.3 Å². The van der Waals surface area contributed by atoms with Crippen LogP contribution in [0.4, 0.5) is 5.13 Å². The Kier molecular flexibility index (Phi) is 5.33. The Hall–Kier alpha value is -1.18. The molecule has 0 aromatic carbocycles. The maximum absolute atomic E-state index is 11.5. The summed E-state index contributed by atoms with van der Waals surface area (Å²) in [5.74, 6) is 5.28. The monoisotopic (exact) mass is 257 g/mol. The third-order valence-corrected chi connectivity index (χ3v) is 2.88. The van der Waals surface area contributed by atoms with Crippen molar-refractivity contribution in [2.24, 2.45) is 5.84 Å². The summed E-state index contributed by atoms with van der Waals surface area (Å²) in [6.07, 6.45) is 1.76. The molecule has 7 heteroatoms. The molecule has 0 fully saturated rings. The maximum Gasteiger partial charge on any atom is 0.234 e. The molecular weight excluding hydrogens is 238 g/mol. The smallest absolute Gasteiger partial charge is 0.234 e. The van der Waals surface area contributed by atoms with Gasteiger partial charge in [-0.25, -0.2) is 10.8 Å². The van der Waals surface area contributed by atoms with Crippen molar-refractivity contribution in [3.63, 3.8) is 0 Å². The number of rotatable bonds is 6. The first-order valence-corrected chi connectivity index (χ1v) is 6.22. The van der Waals surface area contributed by atoms with Gasteiger partial charge in [0.2, 0.25) is 5.91 Å². The quantitative estimate of drug-likeness (QED) is 0.507. The van der Waals surface area contributed by atoms with Crippen LogP contribution in [-0.4, -0.2) is 35.4 Å². The molecule has 1 heterocycles. The predicted octanol–water partition coefficient (Wildman–Crippen LogP) is 0.385. The van der Waals surface area contributed by atoms with Gasteiger partial charge >= 0.3 is 0 Å². The summed E-state index contributed by atoms with van der Waals surface area (Å²) in [5, 5.41) is 3.53. The summed E-state index contributed by atoms with van der Waals surface area (Å²) in [6, 6.07) is 0.173. The molecule has 0 bridgehead atoms. The fraction of sp³-hybridized carbons (Fsp3) is 0.600. The van der Waals surface area contributed by atoms with Gasteiger partial charge in [-0.05, 0) is 20.9 Å². The molecule has 0 spiro atoms. The first-order chi connectivity index (χ1) is 8.01. The van der Waals surface area contributed by atoms with Gasteiger partial charge in [-0.1, -0.05) is 11.3 Å². The van der Waals surface area contributed by atoms with Gasteiger partial charge < -0.3 is 5.32 Å². The molecule has 1 amide bonds. The summed E-state index contributed by atoms with van der Waals surface area (Å²) < 4.78 is 0. The maximum atomic E-state index is 11.5. The molecule has 0 atom stereocenters. The van der Waals surface area contributed by atoms with E-state index in [2.05, 4.69) is 15.7 Å². The Labute approximate surface area is 105 Å². The normalized spacial score (nSPS) is 10.9.